The molecule has 30 heavy (non-hydrogen) atoms. The standard InChI is InChI=1S/C22H20F2N4O2/c23-22(24)29-18-7-6-15(10-19(18)30-22)28-12-20(26-27-28)21(8-9-21)13-25-17-11-16(17)14-4-2-1-3-5-14/h1-7,10,12,16-17,25H,8-9,11,13H2/t16?,17-/m0/s1. The summed E-state index contributed by atoms with van der Waals surface area (Å²) in [5.41, 5.74) is 2.92. The average Bonchev–Trinajstić information content (AvgIpc) is 3.62. The summed E-state index contributed by atoms with van der Waals surface area (Å²) in [6, 6.07) is 15.7. The molecular weight excluding hydrogens is 390 g/mol. The van der Waals surface area contributed by atoms with Gasteiger partial charge in [-0.1, -0.05) is 35.5 Å². The van der Waals surface area contributed by atoms with Gasteiger partial charge < -0.3 is 14.8 Å². The molecule has 6 nitrogen and oxygen atoms in total. The maximum Gasteiger partial charge on any atom is 0.586 e. The van der Waals surface area contributed by atoms with Crippen molar-refractivity contribution in [1.82, 2.24) is 20.3 Å². The van der Waals surface area contributed by atoms with Gasteiger partial charge >= 0.3 is 6.29 Å². The van der Waals surface area contributed by atoms with Crippen LogP contribution in [0.2, 0.25) is 0 Å². The van der Waals surface area contributed by atoms with Gasteiger partial charge in [0.15, 0.2) is 11.5 Å². The molecule has 154 valence electrons. The molecule has 2 aromatic carbocycles. The summed E-state index contributed by atoms with van der Waals surface area (Å²) in [4.78, 5) is 0. The van der Waals surface area contributed by atoms with Crippen molar-refractivity contribution in [3.63, 3.8) is 0 Å². The summed E-state index contributed by atoms with van der Waals surface area (Å²) in [6.45, 7) is 0.868. The third-order valence-corrected chi connectivity index (χ3v) is 6.26. The third kappa shape index (κ3) is 3.11. The first kappa shape index (κ1) is 17.8. The first-order valence-electron chi connectivity index (χ1n) is 10.1. The molecule has 2 saturated carbocycles. The zero-order valence-electron chi connectivity index (χ0n) is 16.1. The molecule has 0 amide bonds. The molecule has 2 fully saturated rings. The number of halogens is 2. The maximum absolute atomic E-state index is 13.2. The topological polar surface area (TPSA) is 61.2 Å². The predicted molar refractivity (Wildman–Crippen MR) is 104 cm³/mol. The van der Waals surface area contributed by atoms with Gasteiger partial charge in [-0.3, -0.25) is 0 Å². The molecule has 0 spiro atoms. The molecule has 0 saturated heterocycles. The van der Waals surface area contributed by atoms with Gasteiger partial charge in [0.05, 0.1) is 17.6 Å². The minimum atomic E-state index is -3.63. The number of nitrogens with zero attached hydrogens (tertiary/aromatic N) is 3. The first-order chi connectivity index (χ1) is 14.5. The van der Waals surface area contributed by atoms with Crippen molar-refractivity contribution in [2.75, 3.05) is 6.54 Å². The van der Waals surface area contributed by atoms with E-state index in [1.54, 1.807) is 10.7 Å². The normalized spacial score (nSPS) is 24.6. The molecule has 3 aliphatic rings. The van der Waals surface area contributed by atoms with Crippen LogP contribution in [-0.2, 0) is 5.41 Å². The lowest BCUT2D eigenvalue weighted by Crippen LogP contribution is -2.29. The van der Waals surface area contributed by atoms with Crippen molar-refractivity contribution in [2.45, 2.75) is 42.9 Å². The quantitative estimate of drug-likeness (QED) is 0.671. The fourth-order valence-corrected chi connectivity index (χ4v) is 4.20. The molecule has 1 unspecified atom stereocenters. The largest absolute Gasteiger partial charge is 0.586 e. The van der Waals surface area contributed by atoms with Crippen LogP contribution in [0.15, 0.2) is 54.7 Å². The number of benzene rings is 2. The highest BCUT2D eigenvalue weighted by atomic mass is 19.3. The van der Waals surface area contributed by atoms with Crippen LogP contribution in [0.25, 0.3) is 5.69 Å². The second-order valence-electron chi connectivity index (χ2n) is 8.37. The summed E-state index contributed by atoms with van der Waals surface area (Å²) < 4.78 is 37.1. The lowest BCUT2D eigenvalue weighted by molar-refractivity contribution is -0.286. The Balaban J connectivity index is 1.14. The van der Waals surface area contributed by atoms with E-state index < -0.39 is 6.29 Å². The second kappa shape index (κ2) is 6.25. The number of nitrogens with one attached hydrogen (secondary N) is 1. The maximum atomic E-state index is 13.2. The molecule has 1 aliphatic heterocycles. The number of hydrogen-bond acceptors (Lipinski definition) is 5. The van der Waals surface area contributed by atoms with Crippen LogP contribution in [0.5, 0.6) is 11.5 Å². The van der Waals surface area contributed by atoms with Gasteiger partial charge in [0.2, 0.25) is 0 Å². The number of ether oxygens (including phenoxy) is 2. The van der Waals surface area contributed by atoms with E-state index in [0.29, 0.717) is 17.6 Å². The fraction of sp³-hybridized carbons (Fsp3) is 0.364. The summed E-state index contributed by atoms with van der Waals surface area (Å²) in [7, 11) is 0. The Morgan fingerprint density at radius 1 is 1.07 bits per heavy atom. The smallest absolute Gasteiger partial charge is 0.395 e. The number of alkyl halides is 2. The molecular formula is C22H20F2N4O2. The average molecular weight is 410 g/mol. The van der Waals surface area contributed by atoms with Crippen LogP contribution >= 0.6 is 0 Å². The van der Waals surface area contributed by atoms with E-state index in [1.165, 1.54) is 17.7 Å². The van der Waals surface area contributed by atoms with Crippen LogP contribution in [0.4, 0.5) is 8.78 Å². The first-order valence-corrected chi connectivity index (χ1v) is 10.1. The van der Waals surface area contributed by atoms with Gasteiger partial charge in [-0.25, -0.2) is 4.68 Å². The highest BCUT2D eigenvalue weighted by Gasteiger charge is 2.49. The summed E-state index contributed by atoms with van der Waals surface area (Å²) >= 11 is 0. The molecule has 3 aromatic rings. The van der Waals surface area contributed by atoms with Gasteiger partial charge in [0.25, 0.3) is 0 Å². The Morgan fingerprint density at radius 2 is 1.87 bits per heavy atom. The number of hydrogen-bond donors (Lipinski definition) is 1. The van der Waals surface area contributed by atoms with Crippen molar-refractivity contribution in [3.05, 3.63) is 66.0 Å². The van der Waals surface area contributed by atoms with Crippen LogP contribution in [0.3, 0.4) is 0 Å². The van der Waals surface area contributed by atoms with Gasteiger partial charge in [-0.15, -0.1) is 13.9 Å². The van der Waals surface area contributed by atoms with E-state index in [-0.39, 0.29) is 16.9 Å². The molecule has 2 heterocycles. The van der Waals surface area contributed by atoms with E-state index >= 15 is 0 Å². The Kier molecular flexibility index (Phi) is 3.71. The van der Waals surface area contributed by atoms with E-state index in [1.807, 2.05) is 12.3 Å². The van der Waals surface area contributed by atoms with Crippen molar-refractivity contribution >= 4 is 0 Å². The zero-order valence-corrected chi connectivity index (χ0v) is 16.1. The minimum absolute atomic E-state index is 0.00182. The molecule has 2 atom stereocenters. The summed E-state index contributed by atoms with van der Waals surface area (Å²) in [5, 5.41) is 12.3. The number of rotatable bonds is 6. The van der Waals surface area contributed by atoms with Gasteiger partial charge in [-0.05, 0) is 37.0 Å². The second-order valence-corrected chi connectivity index (χ2v) is 8.37. The third-order valence-electron chi connectivity index (χ3n) is 6.26. The zero-order chi connectivity index (χ0) is 20.3. The Bertz CT molecular complexity index is 1100. The van der Waals surface area contributed by atoms with Gasteiger partial charge in [-0.2, -0.15) is 0 Å². The number of aromatic nitrogens is 3. The van der Waals surface area contributed by atoms with E-state index in [2.05, 4.69) is 49.4 Å². The van der Waals surface area contributed by atoms with Gasteiger partial charge in [0, 0.05) is 30.0 Å². The van der Waals surface area contributed by atoms with E-state index in [4.69, 9.17) is 0 Å². The predicted octanol–water partition coefficient (Wildman–Crippen LogP) is 3.77. The Hall–Kier alpha value is -3.00. The van der Waals surface area contributed by atoms with Crippen LogP contribution in [0.1, 0.15) is 36.4 Å². The minimum Gasteiger partial charge on any atom is -0.395 e. The molecule has 0 radical (unpaired) electrons. The molecule has 1 N–H and O–H groups in total. The fourth-order valence-electron chi connectivity index (χ4n) is 4.20. The van der Waals surface area contributed by atoms with Crippen LogP contribution < -0.4 is 14.8 Å². The van der Waals surface area contributed by atoms with E-state index in [9.17, 15) is 8.78 Å². The van der Waals surface area contributed by atoms with Crippen molar-refractivity contribution in [3.8, 4) is 17.2 Å². The van der Waals surface area contributed by atoms with Crippen molar-refractivity contribution in [2.24, 2.45) is 0 Å². The Morgan fingerprint density at radius 3 is 2.67 bits per heavy atom. The van der Waals surface area contributed by atoms with Gasteiger partial charge in [0.1, 0.15) is 0 Å². The Labute approximate surface area is 171 Å². The highest BCUT2D eigenvalue weighted by molar-refractivity contribution is 5.50. The lowest BCUT2D eigenvalue weighted by atomic mass is 10.0. The molecule has 6 rings (SSSR count). The molecule has 2 aliphatic carbocycles. The summed E-state index contributed by atoms with van der Waals surface area (Å²) in [6.07, 6.45) is 1.54. The molecule has 1 aromatic heterocycles. The molecule has 0 bridgehead atoms. The number of fused-ring (bicyclic) bond motifs is 1. The monoisotopic (exact) mass is 410 g/mol. The highest BCUT2D eigenvalue weighted by Crippen LogP contribution is 2.49. The van der Waals surface area contributed by atoms with Crippen LogP contribution in [-0.4, -0.2) is 33.9 Å². The van der Waals surface area contributed by atoms with E-state index in [0.717, 1.165) is 31.5 Å². The lowest BCUT2D eigenvalue weighted by Gasteiger charge is -2.13. The SMILES string of the molecule is FC1(F)Oc2ccc(-n3cc(C4(CN[C@H]5CC5c5ccccc5)CC4)nn3)cc2O1. The van der Waals surface area contributed by atoms with Crippen molar-refractivity contribution in [1.29, 1.82) is 0 Å². The summed E-state index contributed by atoms with van der Waals surface area (Å²) in [5.74, 6) is 0.604. The van der Waals surface area contributed by atoms with Crippen molar-refractivity contribution < 1.29 is 18.3 Å². The van der Waals surface area contributed by atoms with Crippen LogP contribution in [0, 0.1) is 0 Å². The molecule has 8 heteroatoms.